The molecule has 1 amide bonds. The Morgan fingerprint density at radius 2 is 2.05 bits per heavy atom. The van der Waals surface area contributed by atoms with Crippen molar-refractivity contribution in [1.82, 2.24) is 15.5 Å². The van der Waals surface area contributed by atoms with Crippen molar-refractivity contribution in [2.24, 2.45) is 0 Å². The Morgan fingerprint density at radius 1 is 1.40 bits per heavy atom. The molecule has 0 saturated carbocycles. The second kappa shape index (κ2) is 5.42. The number of carbonyl (C=O) groups is 1. The summed E-state index contributed by atoms with van der Waals surface area (Å²) < 4.78 is 0. The van der Waals surface area contributed by atoms with Crippen molar-refractivity contribution in [2.45, 2.75) is 25.8 Å². The molecule has 6 nitrogen and oxygen atoms in total. The van der Waals surface area contributed by atoms with Crippen LogP contribution in [0.2, 0.25) is 0 Å². The summed E-state index contributed by atoms with van der Waals surface area (Å²) in [5, 5.41) is 19.1. The standard InChI is InChI=1S/C14H17N3O3/c1-3-14(2,8-18)15-13(20)11-9-6-4-5-7-10(9)12(19)17-16-11/h4-7,18H,3,8H2,1-2H3,(H,15,20)(H,17,19). The summed E-state index contributed by atoms with van der Waals surface area (Å²) in [6.45, 7) is 3.45. The molecule has 6 heteroatoms. The average Bonchev–Trinajstić information content (AvgIpc) is 2.47. The summed E-state index contributed by atoms with van der Waals surface area (Å²) in [6, 6.07) is 6.78. The van der Waals surface area contributed by atoms with Gasteiger partial charge in [0.1, 0.15) is 0 Å². The molecule has 0 spiro atoms. The van der Waals surface area contributed by atoms with Gasteiger partial charge in [-0.05, 0) is 19.4 Å². The third kappa shape index (κ3) is 2.55. The van der Waals surface area contributed by atoms with Gasteiger partial charge in [0.2, 0.25) is 0 Å². The fraction of sp³-hybridized carbons (Fsp3) is 0.357. The molecule has 0 saturated heterocycles. The molecule has 2 aromatic rings. The predicted octanol–water partition coefficient (Wildman–Crippen LogP) is 0.814. The molecule has 0 aliphatic carbocycles. The third-order valence-corrected chi connectivity index (χ3v) is 3.46. The van der Waals surface area contributed by atoms with Gasteiger partial charge < -0.3 is 10.4 Å². The number of benzene rings is 1. The summed E-state index contributed by atoms with van der Waals surface area (Å²) in [5.41, 5.74) is -0.901. The van der Waals surface area contributed by atoms with Gasteiger partial charge >= 0.3 is 0 Å². The quantitative estimate of drug-likeness (QED) is 0.769. The van der Waals surface area contributed by atoms with E-state index >= 15 is 0 Å². The van der Waals surface area contributed by atoms with E-state index in [0.29, 0.717) is 17.2 Å². The van der Waals surface area contributed by atoms with Crippen LogP contribution in [0.4, 0.5) is 0 Å². The molecule has 1 aromatic carbocycles. The van der Waals surface area contributed by atoms with Crippen molar-refractivity contribution in [2.75, 3.05) is 6.61 Å². The van der Waals surface area contributed by atoms with E-state index in [1.165, 1.54) is 0 Å². The largest absolute Gasteiger partial charge is 0.394 e. The van der Waals surface area contributed by atoms with Crippen LogP contribution in [0, 0.1) is 0 Å². The number of aromatic amines is 1. The number of hydrogen-bond donors (Lipinski definition) is 3. The van der Waals surface area contributed by atoms with Gasteiger partial charge in [-0.2, -0.15) is 5.10 Å². The maximum atomic E-state index is 12.3. The minimum atomic E-state index is -0.712. The maximum absolute atomic E-state index is 12.3. The maximum Gasteiger partial charge on any atom is 0.272 e. The zero-order valence-electron chi connectivity index (χ0n) is 11.4. The van der Waals surface area contributed by atoms with Gasteiger partial charge in [0.25, 0.3) is 11.5 Å². The van der Waals surface area contributed by atoms with E-state index in [1.54, 1.807) is 31.2 Å². The Hall–Kier alpha value is -2.21. The van der Waals surface area contributed by atoms with Crippen molar-refractivity contribution in [3.8, 4) is 0 Å². The first-order valence-corrected chi connectivity index (χ1v) is 6.41. The predicted molar refractivity (Wildman–Crippen MR) is 75.6 cm³/mol. The molecule has 0 aliphatic heterocycles. The smallest absolute Gasteiger partial charge is 0.272 e. The molecule has 0 radical (unpaired) electrons. The van der Waals surface area contributed by atoms with E-state index < -0.39 is 11.4 Å². The van der Waals surface area contributed by atoms with Gasteiger partial charge in [0.15, 0.2) is 5.69 Å². The van der Waals surface area contributed by atoms with Crippen LogP contribution in [-0.2, 0) is 0 Å². The van der Waals surface area contributed by atoms with Crippen LogP contribution in [0.3, 0.4) is 0 Å². The molecule has 1 heterocycles. The summed E-state index contributed by atoms with van der Waals surface area (Å²) >= 11 is 0. The number of amides is 1. The molecule has 1 aromatic heterocycles. The normalized spacial score (nSPS) is 13.9. The molecule has 0 bridgehead atoms. The number of carbonyl (C=O) groups excluding carboxylic acids is 1. The monoisotopic (exact) mass is 275 g/mol. The first kappa shape index (κ1) is 14.2. The highest BCUT2D eigenvalue weighted by Gasteiger charge is 2.25. The Bertz CT molecular complexity index is 689. The fourth-order valence-electron chi connectivity index (χ4n) is 1.86. The fourth-order valence-corrected chi connectivity index (χ4v) is 1.86. The SMILES string of the molecule is CCC(C)(CO)NC(=O)c1n[nH]c(=O)c2ccccc12. The zero-order chi connectivity index (χ0) is 14.8. The lowest BCUT2D eigenvalue weighted by Crippen LogP contribution is -2.48. The first-order chi connectivity index (χ1) is 9.50. The highest BCUT2D eigenvalue weighted by molar-refractivity contribution is 6.04. The Morgan fingerprint density at radius 3 is 2.65 bits per heavy atom. The molecule has 2 rings (SSSR count). The van der Waals surface area contributed by atoms with E-state index in [4.69, 9.17) is 0 Å². The van der Waals surface area contributed by atoms with Crippen molar-refractivity contribution in [3.05, 3.63) is 40.3 Å². The Kier molecular flexibility index (Phi) is 3.85. The number of aromatic nitrogens is 2. The number of aliphatic hydroxyl groups excluding tert-OH is 1. The molecular formula is C14H17N3O3. The molecule has 106 valence electrons. The van der Waals surface area contributed by atoms with Crippen molar-refractivity contribution in [3.63, 3.8) is 0 Å². The van der Waals surface area contributed by atoms with Crippen LogP contribution in [0.1, 0.15) is 30.8 Å². The van der Waals surface area contributed by atoms with Crippen LogP contribution in [-0.4, -0.2) is 33.4 Å². The Balaban J connectivity index is 2.46. The molecule has 0 aliphatic rings. The number of aliphatic hydroxyl groups is 1. The topological polar surface area (TPSA) is 95.1 Å². The van der Waals surface area contributed by atoms with Crippen LogP contribution in [0.5, 0.6) is 0 Å². The van der Waals surface area contributed by atoms with Crippen LogP contribution in [0.25, 0.3) is 10.8 Å². The van der Waals surface area contributed by atoms with E-state index in [1.807, 2.05) is 6.92 Å². The summed E-state index contributed by atoms with van der Waals surface area (Å²) in [7, 11) is 0. The van der Waals surface area contributed by atoms with Crippen molar-refractivity contribution in [1.29, 1.82) is 0 Å². The highest BCUT2D eigenvalue weighted by Crippen LogP contribution is 2.14. The molecule has 20 heavy (non-hydrogen) atoms. The number of hydrogen-bond acceptors (Lipinski definition) is 4. The first-order valence-electron chi connectivity index (χ1n) is 6.41. The van der Waals surface area contributed by atoms with Gasteiger partial charge in [0.05, 0.1) is 17.5 Å². The number of fused-ring (bicyclic) bond motifs is 1. The second-order valence-corrected chi connectivity index (χ2v) is 4.97. The Labute approximate surface area is 115 Å². The zero-order valence-corrected chi connectivity index (χ0v) is 11.4. The number of rotatable bonds is 4. The van der Waals surface area contributed by atoms with E-state index in [-0.39, 0.29) is 17.9 Å². The lowest BCUT2D eigenvalue weighted by Gasteiger charge is -2.27. The van der Waals surface area contributed by atoms with Crippen LogP contribution < -0.4 is 10.9 Å². The van der Waals surface area contributed by atoms with E-state index in [0.717, 1.165) is 0 Å². The molecule has 0 fully saturated rings. The highest BCUT2D eigenvalue weighted by atomic mass is 16.3. The lowest BCUT2D eigenvalue weighted by atomic mass is 9.99. The average molecular weight is 275 g/mol. The van der Waals surface area contributed by atoms with Crippen molar-refractivity contribution < 1.29 is 9.90 Å². The minimum absolute atomic E-state index is 0.147. The van der Waals surface area contributed by atoms with E-state index in [2.05, 4.69) is 15.5 Å². The molecule has 1 unspecified atom stereocenters. The van der Waals surface area contributed by atoms with Crippen molar-refractivity contribution >= 4 is 16.7 Å². The second-order valence-electron chi connectivity index (χ2n) is 4.97. The van der Waals surface area contributed by atoms with Gasteiger partial charge in [-0.1, -0.05) is 25.1 Å². The number of nitrogens with one attached hydrogen (secondary N) is 2. The minimum Gasteiger partial charge on any atom is -0.394 e. The summed E-state index contributed by atoms with van der Waals surface area (Å²) in [4.78, 5) is 24.0. The number of H-pyrrole nitrogens is 1. The van der Waals surface area contributed by atoms with Gasteiger partial charge in [0, 0.05) is 5.39 Å². The molecule has 3 N–H and O–H groups in total. The van der Waals surface area contributed by atoms with Crippen LogP contribution >= 0.6 is 0 Å². The molecule has 1 atom stereocenters. The van der Waals surface area contributed by atoms with E-state index in [9.17, 15) is 14.7 Å². The molecular weight excluding hydrogens is 258 g/mol. The van der Waals surface area contributed by atoms with Gasteiger partial charge in [-0.25, -0.2) is 5.10 Å². The summed E-state index contributed by atoms with van der Waals surface area (Å²) in [5.74, 6) is -0.421. The lowest BCUT2D eigenvalue weighted by molar-refractivity contribution is 0.0843. The van der Waals surface area contributed by atoms with Gasteiger partial charge in [-0.3, -0.25) is 9.59 Å². The van der Waals surface area contributed by atoms with Gasteiger partial charge in [-0.15, -0.1) is 0 Å². The summed E-state index contributed by atoms with van der Waals surface area (Å²) in [6.07, 6.45) is 0.580. The number of nitrogens with zero attached hydrogens (tertiary/aromatic N) is 1. The third-order valence-electron chi connectivity index (χ3n) is 3.46. The van der Waals surface area contributed by atoms with Crippen LogP contribution in [0.15, 0.2) is 29.1 Å².